The Hall–Kier alpha value is -1.04. The van der Waals surface area contributed by atoms with Crippen LogP contribution in [0.2, 0.25) is 5.02 Å². The van der Waals surface area contributed by atoms with E-state index < -0.39 is 0 Å². The van der Waals surface area contributed by atoms with Gasteiger partial charge in [0.05, 0.1) is 28.6 Å². The van der Waals surface area contributed by atoms with Crippen molar-refractivity contribution >= 4 is 49.5 Å². The molecule has 2 aromatic heterocycles. The fourth-order valence-electron chi connectivity index (χ4n) is 2.13. The average molecular weight is 371 g/mol. The van der Waals surface area contributed by atoms with Gasteiger partial charge in [-0.1, -0.05) is 27.5 Å². The van der Waals surface area contributed by atoms with E-state index in [4.69, 9.17) is 11.6 Å². The number of nitrogens with one attached hydrogen (secondary N) is 1. The highest BCUT2D eigenvalue weighted by Gasteiger charge is 2.11. The number of fused-ring (bicyclic) bond motifs is 1. The minimum Gasteiger partial charge on any atom is -0.378 e. The number of anilines is 1. The first-order valence-electron chi connectivity index (χ1n) is 6.17. The zero-order chi connectivity index (χ0) is 14.3. The molecule has 0 aliphatic carbocycles. The van der Waals surface area contributed by atoms with E-state index in [2.05, 4.69) is 43.8 Å². The van der Waals surface area contributed by atoms with Crippen LogP contribution in [0.1, 0.15) is 16.3 Å². The molecule has 20 heavy (non-hydrogen) atoms. The lowest BCUT2D eigenvalue weighted by molar-refractivity contribution is 0.991. The Bertz CT molecular complexity index is 778. The molecule has 0 atom stereocenters. The van der Waals surface area contributed by atoms with E-state index >= 15 is 0 Å². The molecule has 2 heterocycles. The van der Waals surface area contributed by atoms with Crippen LogP contribution in [0.4, 0.5) is 5.69 Å². The van der Waals surface area contributed by atoms with E-state index in [0.29, 0.717) is 11.6 Å². The van der Waals surface area contributed by atoms with Crippen molar-refractivity contribution in [2.45, 2.75) is 20.4 Å². The third-order valence-electron chi connectivity index (χ3n) is 3.12. The summed E-state index contributed by atoms with van der Waals surface area (Å²) in [6.07, 6.45) is 2.12. The highest BCUT2D eigenvalue weighted by molar-refractivity contribution is 9.10. The van der Waals surface area contributed by atoms with Crippen molar-refractivity contribution in [1.29, 1.82) is 0 Å². The summed E-state index contributed by atoms with van der Waals surface area (Å²) in [6, 6.07) is 5.79. The Morgan fingerprint density at radius 2 is 2.20 bits per heavy atom. The van der Waals surface area contributed by atoms with Gasteiger partial charge in [-0.25, -0.2) is 4.98 Å². The van der Waals surface area contributed by atoms with Gasteiger partial charge in [0.2, 0.25) is 0 Å². The van der Waals surface area contributed by atoms with Gasteiger partial charge in [-0.15, -0.1) is 11.3 Å². The molecule has 0 bridgehead atoms. The second-order valence-corrected chi connectivity index (χ2v) is 7.15. The van der Waals surface area contributed by atoms with Gasteiger partial charge in [-0.3, -0.25) is 4.40 Å². The molecule has 3 nitrogen and oxygen atoms in total. The molecule has 6 heteroatoms. The van der Waals surface area contributed by atoms with E-state index in [1.165, 1.54) is 10.6 Å². The molecule has 0 saturated carbocycles. The highest BCUT2D eigenvalue weighted by Crippen LogP contribution is 2.27. The standard InChI is InChI=1S/C14H13BrClN3S/c1-8-7-19-13(9(2)18-14(19)20-8)6-17-12-5-10(15)3-4-11(12)16/h3-5,7,17H,6H2,1-2H3. The quantitative estimate of drug-likeness (QED) is 0.700. The fourth-order valence-corrected chi connectivity index (χ4v) is 3.57. The van der Waals surface area contributed by atoms with E-state index in [9.17, 15) is 0 Å². The SMILES string of the molecule is Cc1cn2c(CNc3cc(Br)ccc3Cl)c(C)nc2s1. The van der Waals surface area contributed by atoms with E-state index in [1.807, 2.05) is 25.1 Å². The lowest BCUT2D eigenvalue weighted by Gasteiger charge is -2.09. The predicted octanol–water partition coefficient (Wildman–Crippen LogP) is 5.04. The Morgan fingerprint density at radius 3 is 3.00 bits per heavy atom. The average Bonchev–Trinajstić information content (AvgIpc) is 2.86. The molecule has 0 fully saturated rings. The number of thiazole rings is 1. The van der Waals surface area contributed by atoms with Crippen molar-refractivity contribution < 1.29 is 0 Å². The minimum atomic E-state index is 0.694. The number of imidazole rings is 1. The first-order valence-corrected chi connectivity index (χ1v) is 8.16. The lowest BCUT2D eigenvalue weighted by atomic mass is 10.3. The maximum absolute atomic E-state index is 6.19. The van der Waals surface area contributed by atoms with Crippen molar-refractivity contribution in [3.8, 4) is 0 Å². The van der Waals surface area contributed by atoms with Crippen LogP contribution < -0.4 is 5.32 Å². The van der Waals surface area contributed by atoms with Crippen LogP contribution in [-0.4, -0.2) is 9.38 Å². The summed E-state index contributed by atoms with van der Waals surface area (Å²) in [5.74, 6) is 0. The second-order valence-electron chi connectivity index (χ2n) is 4.62. The Labute approximate surface area is 134 Å². The van der Waals surface area contributed by atoms with Crippen LogP contribution in [0.5, 0.6) is 0 Å². The molecule has 0 aliphatic rings. The summed E-state index contributed by atoms with van der Waals surface area (Å²) >= 11 is 11.4. The van der Waals surface area contributed by atoms with Crippen molar-refractivity contribution in [2.75, 3.05) is 5.32 Å². The summed E-state index contributed by atoms with van der Waals surface area (Å²) in [5.41, 5.74) is 3.14. The number of rotatable bonds is 3. The first-order chi connectivity index (χ1) is 9.54. The van der Waals surface area contributed by atoms with E-state index in [0.717, 1.165) is 20.8 Å². The summed E-state index contributed by atoms with van der Waals surface area (Å²) in [6.45, 7) is 4.82. The lowest BCUT2D eigenvalue weighted by Crippen LogP contribution is -2.04. The smallest absolute Gasteiger partial charge is 0.194 e. The summed E-state index contributed by atoms with van der Waals surface area (Å²) in [4.78, 5) is 6.88. The van der Waals surface area contributed by atoms with Crippen molar-refractivity contribution in [3.63, 3.8) is 0 Å². The zero-order valence-corrected chi connectivity index (χ0v) is 14.2. The van der Waals surface area contributed by atoms with Gasteiger partial charge in [0.25, 0.3) is 0 Å². The molecule has 0 saturated heterocycles. The molecular weight excluding hydrogens is 358 g/mol. The second kappa shape index (κ2) is 5.39. The third kappa shape index (κ3) is 2.57. The Morgan fingerprint density at radius 1 is 1.40 bits per heavy atom. The van der Waals surface area contributed by atoms with Crippen LogP contribution in [0.25, 0.3) is 4.96 Å². The van der Waals surface area contributed by atoms with Crippen LogP contribution in [0, 0.1) is 13.8 Å². The van der Waals surface area contributed by atoms with Crippen molar-refractivity contribution in [3.05, 3.63) is 50.2 Å². The van der Waals surface area contributed by atoms with E-state index in [-0.39, 0.29) is 0 Å². The minimum absolute atomic E-state index is 0.694. The largest absolute Gasteiger partial charge is 0.378 e. The maximum Gasteiger partial charge on any atom is 0.194 e. The monoisotopic (exact) mass is 369 g/mol. The summed E-state index contributed by atoms with van der Waals surface area (Å²) in [5, 5.41) is 4.10. The van der Waals surface area contributed by atoms with Crippen LogP contribution >= 0.6 is 38.9 Å². The molecule has 3 aromatic rings. The number of hydrogen-bond acceptors (Lipinski definition) is 3. The van der Waals surface area contributed by atoms with Gasteiger partial charge >= 0.3 is 0 Å². The van der Waals surface area contributed by atoms with Gasteiger partial charge in [0, 0.05) is 15.5 Å². The van der Waals surface area contributed by atoms with Crippen molar-refractivity contribution in [1.82, 2.24) is 9.38 Å². The number of aromatic nitrogens is 2. The molecule has 0 unspecified atom stereocenters. The zero-order valence-electron chi connectivity index (χ0n) is 11.1. The molecular formula is C14H13BrClN3S. The first kappa shape index (κ1) is 13.9. The number of benzene rings is 1. The molecule has 104 valence electrons. The fraction of sp³-hybridized carbons (Fsp3) is 0.214. The molecule has 1 N–H and O–H groups in total. The van der Waals surface area contributed by atoms with Crippen LogP contribution in [0.15, 0.2) is 28.9 Å². The molecule has 0 radical (unpaired) electrons. The molecule has 3 rings (SSSR count). The maximum atomic E-state index is 6.19. The predicted molar refractivity (Wildman–Crippen MR) is 89.0 cm³/mol. The van der Waals surface area contributed by atoms with Crippen molar-refractivity contribution in [2.24, 2.45) is 0 Å². The summed E-state index contributed by atoms with van der Waals surface area (Å²) < 4.78 is 3.15. The number of hydrogen-bond donors (Lipinski definition) is 1. The highest BCUT2D eigenvalue weighted by atomic mass is 79.9. The van der Waals surface area contributed by atoms with E-state index in [1.54, 1.807) is 11.3 Å². The summed E-state index contributed by atoms with van der Waals surface area (Å²) in [7, 11) is 0. The Balaban J connectivity index is 1.89. The number of halogens is 2. The molecule has 0 spiro atoms. The van der Waals surface area contributed by atoms with Gasteiger partial charge in [-0.2, -0.15) is 0 Å². The van der Waals surface area contributed by atoms with Gasteiger partial charge in [0.15, 0.2) is 4.96 Å². The Kier molecular flexibility index (Phi) is 3.75. The molecule has 0 amide bonds. The van der Waals surface area contributed by atoms with Crippen LogP contribution in [-0.2, 0) is 6.54 Å². The normalized spacial score (nSPS) is 11.2. The third-order valence-corrected chi connectivity index (χ3v) is 4.84. The number of nitrogens with zero attached hydrogens (tertiary/aromatic N) is 2. The molecule has 1 aromatic carbocycles. The van der Waals surface area contributed by atoms with Gasteiger partial charge < -0.3 is 5.32 Å². The topological polar surface area (TPSA) is 29.3 Å². The number of aryl methyl sites for hydroxylation is 2. The van der Waals surface area contributed by atoms with Crippen LogP contribution in [0.3, 0.4) is 0 Å². The van der Waals surface area contributed by atoms with Gasteiger partial charge in [-0.05, 0) is 32.0 Å². The van der Waals surface area contributed by atoms with Gasteiger partial charge in [0.1, 0.15) is 0 Å². The molecule has 0 aliphatic heterocycles.